The lowest BCUT2D eigenvalue weighted by Gasteiger charge is -2.07. The van der Waals surface area contributed by atoms with Crippen LogP contribution in [0.1, 0.15) is 28.4 Å². The lowest BCUT2D eigenvalue weighted by molar-refractivity contribution is 0.112. The summed E-state index contributed by atoms with van der Waals surface area (Å²) in [7, 11) is 0. The molecule has 4 N–H and O–H groups in total. The summed E-state index contributed by atoms with van der Waals surface area (Å²) in [5.74, 6) is 5.46. The number of aromatic nitrogens is 1. The molecule has 1 heterocycles. The van der Waals surface area contributed by atoms with Crippen molar-refractivity contribution in [2.45, 2.75) is 13.3 Å². The first-order valence-electron chi connectivity index (χ1n) is 7.33. The number of aryl methyl sites for hydroxylation is 1. The molecule has 0 spiro atoms. The zero-order valence-corrected chi connectivity index (χ0v) is 13.0. The van der Waals surface area contributed by atoms with Crippen molar-refractivity contribution in [1.82, 2.24) is 4.57 Å². The third-order valence-corrected chi connectivity index (χ3v) is 3.52. The highest BCUT2D eigenvalue weighted by molar-refractivity contribution is 5.97. The molecule has 0 fully saturated rings. The lowest BCUT2D eigenvalue weighted by atomic mass is 10.1. The highest BCUT2D eigenvalue weighted by atomic mass is 16.1. The van der Waals surface area contributed by atoms with E-state index in [-0.39, 0.29) is 5.84 Å². The predicted octanol–water partition coefficient (Wildman–Crippen LogP) is 2.56. The second-order valence-electron chi connectivity index (χ2n) is 4.94. The predicted molar refractivity (Wildman–Crippen MR) is 93.1 cm³/mol. The van der Waals surface area contributed by atoms with Gasteiger partial charge in [-0.3, -0.25) is 4.79 Å². The Labute approximate surface area is 135 Å². The third-order valence-electron chi connectivity index (χ3n) is 3.52. The van der Waals surface area contributed by atoms with Crippen LogP contribution >= 0.6 is 0 Å². The summed E-state index contributed by atoms with van der Waals surface area (Å²) < 4.78 is 1.89. The molecule has 0 atom stereocenters. The number of carbonyl (C=O) groups is 1. The van der Waals surface area contributed by atoms with Gasteiger partial charge < -0.3 is 16.1 Å². The molecular weight excluding hydrogens is 288 g/mol. The van der Waals surface area contributed by atoms with Gasteiger partial charge in [-0.1, -0.05) is 25.1 Å². The van der Waals surface area contributed by atoms with Crippen molar-refractivity contribution < 1.29 is 4.79 Å². The minimum Gasteiger partial charge on any atom is -0.382 e. The van der Waals surface area contributed by atoms with Gasteiger partial charge in [0.05, 0.1) is 0 Å². The van der Waals surface area contributed by atoms with Crippen LogP contribution in [0.2, 0.25) is 0 Å². The van der Waals surface area contributed by atoms with E-state index in [0.717, 1.165) is 29.5 Å². The van der Waals surface area contributed by atoms with Crippen molar-refractivity contribution in [3.63, 3.8) is 0 Å². The number of hydrazone groups is 1. The Balaban J connectivity index is 2.58. The molecule has 0 radical (unpaired) electrons. The maximum Gasteiger partial charge on any atom is 0.151 e. The van der Waals surface area contributed by atoms with Crippen molar-refractivity contribution in [2.24, 2.45) is 16.7 Å². The van der Waals surface area contributed by atoms with Gasteiger partial charge in [-0.15, -0.1) is 0 Å². The molecule has 5 heteroatoms. The molecule has 23 heavy (non-hydrogen) atoms. The van der Waals surface area contributed by atoms with Crippen LogP contribution < -0.4 is 11.6 Å². The van der Waals surface area contributed by atoms with E-state index in [1.54, 1.807) is 0 Å². The summed E-state index contributed by atoms with van der Waals surface area (Å²) in [4.78, 5) is 11.4. The quantitative estimate of drug-likeness (QED) is 0.299. The Morgan fingerprint density at radius 1 is 1.17 bits per heavy atom. The molecular formula is C18H20N4O. The van der Waals surface area contributed by atoms with Crippen molar-refractivity contribution >= 4 is 12.1 Å². The van der Waals surface area contributed by atoms with Crippen LogP contribution in [0, 0.1) is 0 Å². The van der Waals surface area contributed by atoms with Crippen LogP contribution in [0.25, 0.3) is 5.69 Å². The van der Waals surface area contributed by atoms with Gasteiger partial charge in [0.1, 0.15) is 5.84 Å². The van der Waals surface area contributed by atoms with Crippen LogP contribution in [0.3, 0.4) is 0 Å². The Bertz CT molecular complexity index is 759. The zero-order chi connectivity index (χ0) is 16.7. The number of amidine groups is 1. The van der Waals surface area contributed by atoms with Gasteiger partial charge in [-0.05, 0) is 42.3 Å². The Kier molecular flexibility index (Phi) is 5.52. The van der Waals surface area contributed by atoms with Crippen molar-refractivity contribution in [2.75, 3.05) is 0 Å². The summed E-state index contributed by atoms with van der Waals surface area (Å²) in [6.07, 6.45) is 5.37. The fourth-order valence-corrected chi connectivity index (χ4v) is 2.22. The number of hydrogen-bond acceptors (Lipinski definition) is 3. The van der Waals surface area contributed by atoms with Gasteiger partial charge in [0.25, 0.3) is 0 Å². The lowest BCUT2D eigenvalue weighted by Crippen LogP contribution is -2.15. The zero-order valence-electron chi connectivity index (χ0n) is 13.0. The standard InChI is InChI=1S/C18H20N4O/c1-2-14-6-4-3-5-11-22(12-16(14)13-23)17-9-7-15(8-10-17)18(19)21-20/h3-13H,2,20H2,1H3,(H2,19,21). The molecule has 0 unspecified atom stereocenters. The van der Waals surface area contributed by atoms with Crippen molar-refractivity contribution in [3.8, 4) is 5.69 Å². The molecule has 1 aromatic heterocycles. The molecule has 2 aromatic rings. The molecule has 5 nitrogen and oxygen atoms in total. The first-order chi connectivity index (χ1) is 11.2. The van der Waals surface area contributed by atoms with Gasteiger partial charge in [0.2, 0.25) is 0 Å². The minimum atomic E-state index is 0.278. The fourth-order valence-electron chi connectivity index (χ4n) is 2.22. The molecule has 0 bridgehead atoms. The Morgan fingerprint density at radius 3 is 2.52 bits per heavy atom. The van der Waals surface area contributed by atoms with E-state index < -0.39 is 0 Å². The van der Waals surface area contributed by atoms with E-state index in [9.17, 15) is 4.79 Å². The maximum absolute atomic E-state index is 11.4. The maximum atomic E-state index is 11.4. The summed E-state index contributed by atoms with van der Waals surface area (Å²) in [6, 6.07) is 15.2. The van der Waals surface area contributed by atoms with E-state index in [0.29, 0.717) is 5.56 Å². The highest BCUT2D eigenvalue weighted by Gasteiger charge is 2.01. The molecule has 118 valence electrons. The van der Waals surface area contributed by atoms with Gasteiger partial charge in [-0.2, -0.15) is 5.10 Å². The van der Waals surface area contributed by atoms with Gasteiger partial charge in [-0.25, -0.2) is 0 Å². The molecule has 2 rings (SSSR count). The summed E-state index contributed by atoms with van der Waals surface area (Å²) in [5, 5.41) is 3.48. The van der Waals surface area contributed by atoms with Crippen molar-refractivity contribution in [1.29, 1.82) is 0 Å². The topological polar surface area (TPSA) is 86.4 Å². The van der Waals surface area contributed by atoms with Crippen LogP contribution in [0.15, 0.2) is 66.0 Å². The van der Waals surface area contributed by atoms with Crippen LogP contribution in [-0.4, -0.2) is 16.7 Å². The summed E-state index contributed by atoms with van der Waals surface area (Å²) in [6.45, 7) is 2.02. The number of hydrogen-bond donors (Lipinski definition) is 2. The average Bonchev–Trinajstić information content (AvgIpc) is 2.70. The first kappa shape index (κ1) is 16.3. The van der Waals surface area contributed by atoms with Gasteiger partial charge in [0.15, 0.2) is 6.29 Å². The molecule has 0 aliphatic carbocycles. The Hall–Kier alpha value is -3.08. The molecule has 0 amide bonds. The molecule has 1 aromatic carbocycles. The number of aldehydes is 1. The average molecular weight is 308 g/mol. The number of benzene rings is 1. The van der Waals surface area contributed by atoms with Crippen LogP contribution in [-0.2, 0) is 6.42 Å². The number of nitrogens with zero attached hydrogens (tertiary/aromatic N) is 2. The van der Waals surface area contributed by atoms with E-state index in [1.807, 2.05) is 72.4 Å². The van der Waals surface area contributed by atoms with Crippen LogP contribution in [0.4, 0.5) is 0 Å². The third kappa shape index (κ3) is 3.97. The molecule has 0 saturated carbocycles. The van der Waals surface area contributed by atoms with Gasteiger partial charge >= 0.3 is 0 Å². The second-order valence-corrected chi connectivity index (χ2v) is 4.94. The van der Waals surface area contributed by atoms with E-state index in [1.165, 1.54) is 0 Å². The first-order valence-corrected chi connectivity index (χ1v) is 7.33. The van der Waals surface area contributed by atoms with E-state index in [2.05, 4.69) is 5.10 Å². The van der Waals surface area contributed by atoms with E-state index in [4.69, 9.17) is 11.6 Å². The van der Waals surface area contributed by atoms with Crippen LogP contribution in [0.5, 0.6) is 0 Å². The van der Waals surface area contributed by atoms with Crippen molar-refractivity contribution in [3.05, 3.63) is 77.6 Å². The summed E-state index contributed by atoms with van der Waals surface area (Å²) in [5.41, 5.74) is 8.98. The van der Waals surface area contributed by atoms with E-state index >= 15 is 0 Å². The monoisotopic (exact) mass is 308 g/mol. The number of nitrogens with two attached hydrogens (primary N) is 2. The normalized spacial score (nSPS) is 10.9. The largest absolute Gasteiger partial charge is 0.382 e. The number of carbonyl (C=O) groups excluding carboxylic acids is 1. The summed E-state index contributed by atoms with van der Waals surface area (Å²) >= 11 is 0. The SMILES string of the molecule is CCc1cccccn(-c2ccc(/C(N)=N/N)cc2)cc1C=O. The molecule has 0 aliphatic rings. The van der Waals surface area contributed by atoms with Gasteiger partial charge in [0, 0.05) is 29.2 Å². The number of rotatable bonds is 4. The molecule has 0 saturated heterocycles. The minimum absolute atomic E-state index is 0.278. The Morgan fingerprint density at radius 2 is 1.91 bits per heavy atom. The second kappa shape index (κ2) is 7.79. The smallest absolute Gasteiger partial charge is 0.151 e. The highest BCUT2D eigenvalue weighted by Crippen LogP contribution is 2.11. The fraction of sp³-hybridized carbons (Fsp3) is 0.111. The molecule has 0 aliphatic heterocycles.